The average molecular weight is 463 g/mol. The van der Waals surface area contributed by atoms with Gasteiger partial charge in [-0.1, -0.05) is 35.9 Å². The molecule has 0 atom stereocenters. The van der Waals surface area contributed by atoms with Crippen LogP contribution in [0.15, 0.2) is 77.2 Å². The molecule has 0 heterocycles. The minimum Gasteiger partial charge on any atom is -0.493 e. The van der Waals surface area contributed by atoms with Gasteiger partial charge >= 0.3 is 10.1 Å². The van der Waals surface area contributed by atoms with Crippen molar-refractivity contribution in [2.75, 3.05) is 12.4 Å². The molecule has 168 valence electrons. The number of carbonyl (C=O) groups is 1. The van der Waals surface area contributed by atoms with Crippen molar-refractivity contribution in [2.24, 2.45) is 0 Å². The minimum atomic E-state index is -4.07. The Labute approximate surface area is 193 Å². The first kappa shape index (κ1) is 23.6. The van der Waals surface area contributed by atoms with Gasteiger partial charge in [0.2, 0.25) is 0 Å². The molecule has 1 amide bonds. The Balaban J connectivity index is 1.84. The fourth-order valence-electron chi connectivity index (χ4n) is 2.95. The maximum absolute atomic E-state index is 12.6. The Kier molecular flexibility index (Phi) is 7.16. The smallest absolute Gasteiger partial charge is 0.339 e. The van der Waals surface area contributed by atoms with E-state index >= 15 is 0 Å². The number of hydrogen-bond donors (Lipinski definition) is 1. The molecule has 0 aliphatic carbocycles. The molecule has 7 nitrogen and oxygen atoms in total. The number of nitriles is 1. The standard InChI is InChI=1S/C25H22N2O5S/c1-17-7-10-22(11-8-17)33(29,30)32-23-12-9-19(15-24(23)31-3)14-20(16-26)25(28)27-21-6-4-5-18(2)13-21/h4-15H,1-3H3,(H,27,28)/b20-14+. The summed E-state index contributed by atoms with van der Waals surface area (Å²) in [4.78, 5) is 12.5. The van der Waals surface area contributed by atoms with Gasteiger partial charge in [-0.3, -0.25) is 4.79 Å². The Morgan fingerprint density at radius 3 is 2.33 bits per heavy atom. The Morgan fingerprint density at radius 2 is 1.70 bits per heavy atom. The lowest BCUT2D eigenvalue weighted by Crippen LogP contribution is -2.13. The van der Waals surface area contributed by atoms with E-state index in [1.807, 2.05) is 26.0 Å². The molecule has 0 saturated heterocycles. The quantitative estimate of drug-likeness (QED) is 0.312. The van der Waals surface area contributed by atoms with Crippen LogP contribution in [0.1, 0.15) is 16.7 Å². The van der Waals surface area contributed by atoms with Crippen molar-refractivity contribution in [3.05, 3.63) is 89.0 Å². The van der Waals surface area contributed by atoms with Crippen LogP contribution in [0.4, 0.5) is 5.69 Å². The lowest BCUT2D eigenvalue weighted by molar-refractivity contribution is -0.112. The number of nitrogens with zero attached hydrogens (tertiary/aromatic N) is 1. The van der Waals surface area contributed by atoms with Gasteiger partial charge in [-0.25, -0.2) is 0 Å². The summed E-state index contributed by atoms with van der Waals surface area (Å²) in [5, 5.41) is 12.1. The Morgan fingerprint density at radius 1 is 0.970 bits per heavy atom. The van der Waals surface area contributed by atoms with E-state index in [-0.39, 0.29) is 22.0 Å². The van der Waals surface area contributed by atoms with Crippen LogP contribution in [-0.4, -0.2) is 21.4 Å². The molecule has 0 spiro atoms. The molecule has 0 aliphatic heterocycles. The fraction of sp³-hybridized carbons (Fsp3) is 0.120. The molecule has 3 aromatic rings. The van der Waals surface area contributed by atoms with Crippen LogP contribution in [0.3, 0.4) is 0 Å². The molecule has 0 radical (unpaired) electrons. The summed E-state index contributed by atoms with van der Waals surface area (Å²) >= 11 is 0. The molecule has 8 heteroatoms. The third-order valence-electron chi connectivity index (χ3n) is 4.65. The van der Waals surface area contributed by atoms with E-state index in [2.05, 4.69) is 5.32 Å². The Bertz CT molecular complexity index is 1350. The highest BCUT2D eigenvalue weighted by molar-refractivity contribution is 7.87. The second-order valence-electron chi connectivity index (χ2n) is 7.25. The zero-order valence-corrected chi connectivity index (χ0v) is 19.1. The van der Waals surface area contributed by atoms with Gasteiger partial charge in [0.1, 0.15) is 16.5 Å². The highest BCUT2D eigenvalue weighted by Crippen LogP contribution is 2.31. The zero-order valence-electron chi connectivity index (χ0n) is 18.3. The van der Waals surface area contributed by atoms with Gasteiger partial charge < -0.3 is 14.2 Å². The number of anilines is 1. The monoisotopic (exact) mass is 462 g/mol. The largest absolute Gasteiger partial charge is 0.493 e. The van der Waals surface area contributed by atoms with E-state index < -0.39 is 16.0 Å². The average Bonchev–Trinajstić information content (AvgIpc) is 2.78. The van der Waals surface area contributed by atoms with Crippen molar-refractivity contribution < 1.29 is 22.1 Å². The van der Waals surface area contributed by atoms with Gasteiger partial charge in [-0.15, -0.1) is 0 Å². The maximum atomic E-state index is 12.6. The molecular weight excluding hydrogens is 440 g/mol. The highest BCUT2D eigenvalue weighted by atomic mass is 32.2. The van der Waals surface area contributed by atoms with Crippen LogP contribution in [0.5, 0.6) is 11.5 Å². The second kappa shape index (κ2) is 10.0. The predicted molar refractivity (Wildman–Crippen MR) is 125 cm³/mol. The summed E-state index contributed by atoms with van der Waals surface area (Å²) in [6.45, 7) is 3.74. The minimum absolute atomic E-state index is 0.0127. The van der Waals surface area contributed by atoms with E-state index in [1.54, 1.807) is 30.3 Å². The van der Waals surface area contributed by atoms with Crippen LogP contribution in [0.2, 0.25) is 0 Å². The normalized spacial score (nSPS) is 11.4. The molecule has 33 heavy (non-hydrogen) atoms. The van der Waals surface area contributed by atoms with Gasteiger partial charge in [0.05, 0.1) is 7.11 Å². The van der Waals surface area contributed by atoms with Crippen molar-refractivity contribution in [1.82, 2.24) is 0 Å². The SMILES string of the molecule is COc1cc(/C=C(\C#N)C(=O)Nc2cccc(C)c2)ccc1OS(=O)(=O)c1ccc(C)cc1. The van der Waals surface area contributed by atoms with Crippen LogP contribution < -0.4 is 14.2 Å². The van der Waals surface area contributed by atoms with E-state index in [4.69, 9.17) is 8.92 Å². The topological polar surface area (TPSA) is 105 Å². The van der Waals surface area contributed by atoms with Gasteiger partial charge in [-0.2, -0.15) is 13.7 Å². The van der Waals surface area contributed by atoms with Gasteiger partial charge in [0.25, 0.3) is 5.91 Å². The summed E-state index contributed by atoms with van der Waals surface area (Å²) in [5.74, 6) is -0.446. The first-order chi connectivity index (χ1) is 15.7. The summed E-state index contributed by atoms with van der Waals surface area (Å²) in [7, 11) is -2.70. The predicted octanol–water partition coefficient (Wildman–Crippen LogP) is 4.63. The van der Waals surface area contributed by atoms with Gasteiger partial charge in [0.15, 0.2) is 11.5 Å². The number of amides is 1. The number of rotatable bonds is 7. The molecule has 0 aromatic heterocycles. The fourth-order valence-corrected chi connectivity index (χ4v) is 3.89. The summed E-state index contributed by atoms with van der Waals surface area (Å²) in [6.07, 6.45) is 1.38. The van der Waals surface area contributed by atoms with Gasteiger partial charge in [0, 0.05) is 5.69 Å². The third-order valence-corrected chi connectivity index (χ3v) is 5.90. The maximum Gasteiger partial charge on any atom is 0.339 e. The Hall–Kier alpha value is -4.09. The first-order valence-electron chi connectivity index (χ1n) is 9.91. The van der Waals surface area contributed by atoms with Crippen LogP contribution >= 0.6 is 0 Å². The van der Waals surface area contributed by atoms with Crippen LogP contribution in [-0.2, 0) is 14.9 Å². The van der Waals surface area contributed by atoms with Gasteiger partial charge in [-0.05, 0) is 67.4 Å². The molecule has 0 saturated carbocycles. The number of ether oxygens (including phenoxy) is 1. The van der Waals surface area contributed by atoms with Crippen molar-refractivity contribution >= 4 is 27.8 Å². The van der Waals surface area contributed by atoms with Crippen molar-refractivity contribution in [2.45, 2.75) is 18.7 Å². The molecular formula is C25H22N2O5S. The number of methoxy groups -OCH3 is 1. The van der Waals surface area contributed by atoms with Crippen LogP contribution in [0, 0.1) is 25.2 Å². The molecule has 3 rings (SSSR count). The lowest BCUT2D eigenvalue weighted by atomic mass is 10.1. The number of benzene rings is 3. The van der Waals surface area contributed by atoms with Crippen LogP contribution in [0.25, 0.3) is 6.08 Å². The van der Waals surface area contributed by atoms with Crippen molar-refractivity contribution in [1.29, 1.82) is 5.26 Å². The lowest BCUT2D eigenvalue weighted by Gasteiger charge is -2.12. The molecule has 3 aromatic carbocycles. The second-order valence-corrected chi connectivity index (χ2v) is 8.80. The molecule has 1 N–H and O–H groups in total. The van der Waals surface area contributed by atoms with E-state index in [1.165, 1.54) is 43.5 Å². The number of carbonyl (C=O) groups excluding carboxylic acids is 1. The summed E-state index contributed by atoms with van der Waals surface area (Å²) < 4.78 is 35.7. The molecule has 0 aliphatic rings. The van der Waals surface area contributed by atoms with E-state index in [0.29, 0.717) is 11.3 Å². The molecule has 0 unspecified atom stereocenters. The van der Waals surface area contributed by atoms with Crippen molar-refractivity contribution in [3.63, 3.8) is 0 Å². The number of hydrogen-bond acceptors (Lipinski definition) is 6. The van der Waals surface area contributed by atoms with E-state index in [0.717, 1.165) is 11.1 Å². The third kappa shape index (κ3) is 5.99. The summed E-state index contributed by atoms with van der Waals surface area (Å²) in [6, 6.07) is 19.8. The van der Waals surface area contributed by atoms with E-state index in [9.17, 15) is 18.5 Å². The first-order valence-corrected chi connectivity index (χ1v) is 11.3. The van der Waals surface area contributed by atoms with Crippen molar-refractivity contribution in [3.8, 4) is 17.6 Å². The number of nitrogens with one attached hydrogen (secondary N) is 1. The molecule has 0 bridgehead atoms. The summed E-state index contributed by atoms with van der Waals surface area (Å²) in [5.41, 5.74) is 2.80. The number of aryl methyl sites for hydroxylation is 2. The zero-order chi connectivity index (χ0) is 24.0. The molecule has 0 fully saturated rings. The highest BCUT2D eigenvalue weighted by Gasteiger charge is 2.19.